The number of imide groups is 1. The highest BCUT2D eigenvalue weighted by atomic mass is 16.5. The smallest absolute Gasteiger partial charge is 0.318 e. The zero-order chi connectivity index (χ0) is 14.6. The number of carbonyl (C=O) groups is 2. The summed E-state index contributed by atoms with van der Waals surface area (Å²) in [5, 5.41) is 10.8. The molecule has 0 aliphatic rings. The number of benzene rings is 1. The van der Waals surface area contributed by atoms with E-state index in [1.165, 1.54) is 6.92 Å². The summed E-state index contributed by atoms with van der Waals surface area (Å²) in [6.45, 7) is 5.07. The minimum Gasteiger partial charge on any atom is -0.480 e. The zero-order valence-corrected chi connectivity index (χ0v) is 11.0. The van der Waals surface area contributed by atoms with Crippen LogP contribution in [0.15, 0.2) is 12.1 Å². The number of nitrogens with zero attached hydrogens (tertiary/aromatic N) is 1. The van der Waals surface area contributed by atoms with Crippen LogP contribution in [0.2, 0.25) is 0 Å². The van der Waals surface area contributed by atoms with Crippen LogP contribution in [-0.4, -0.2) is 18.0 Å². The monoisotopic (exact) mass is 261 g/mol. The molecule has 0 radical (unpaired) electrons. The minimum atomic E-state index is -0.922. The minimum absolute atomic E-state index is 0.520. The molecule has 1 atom stereocenters. The predicted molar refractivity (Wildman–Crippen MR) is 68.4 cm³/mol. The van der Waals surface area contributed by atoms with Crippen LogP contribution in [0.3, 0.4) is 0 Å². The first-order valence-corrected chi connectivity index (χ1v) is 5.63. The van der Waals surface area contributed by atoms with Crippen molar-refractivity contribution in [2.24, 2.45) is 5.73 Å². The van der Waals surface area contributed by atoms with Gasteiger partial charge in [0.2, 0.25) is 0 Å². The summed E-state index contributed by atoms with van der Waals surface area (Å²) in [6, 6.07) is 4.45. The molecule has 0 saturated heterocycles. The Hall–Kier alpha value is -2.55. The van der Waals surface area contributed by atoms with E-state index in [4.69, 9.17) is 15.7 Å². The van der Waals surface area contributed by atoms with Crippen molar-refractivity contribution in [2.75, 3.05) is 0 Å². The lowest BCUT2D eigenvalue weighted by atomic mass is 10.1. The van der Waals surface area contributed by atoms with E-state index in [1.807, 2.05) is 11.4 Å². The van der Waals surface area contributed by atoms with E-state index in [0.29, 0.717) is 11.3 Å². The number of nitrogens with two attached hydrogens (primary N) is 1. The van der Waals surface area contributed by atoms with Gasteiger partial charge in [-0.25, -0.2) is 4.79 Å². The van der Waals surface area contributed by atoms with Gasteiger partial charge < -0.3 is 10.5 Å². The maximum absolute atomic E-state index is 11.5. The number of urea groups is 1. The number of aryl methyl sites for hydroxylation is 2. The predicted octanol–water partition coefficient (Wildman–Crippen LogP) is 1.14. The number of amides is 3. The molecule has 0 saturated carbocycles. The highest BCUT2D eigenvalue weighted by Gasteiger charge is 2.18. The van der Waals surface area contributed by atoms with Gasteiger partial charge in [0.15, 0.2) is 6.10 Å². The molecular formula is C13H15N3O3. The van der Waals surface area contributed by atoms with Crippen molar-refractivity contribution >= 4 is 11.9 Å². The number of ether oxygens (including phenoxy) is 1. The summed E-state index contributed by atoms with van der Waals surface area (Å²) in [5.74, 6) is -0.0956. The highest BCUT2D eigenvalue weighted by Crippen LogP contribution is 2.25. The van der Waals surface area contributed by atoms with Crippen molar-refractivity contribution in [2.45, 2.75) is 26.9 Å². The number of primary amides is 1. The van der Waals surface area contributed by atoms with Gasteiger partial charge in [-0.1, -0.05) is 0 Å². The lowest BCUT2D eigenvalue weighted by Gasteiger charge is -2.17. The molecule has 19 heavy (non-hydrogen) atoms. The Labute approximate surface area is 111 Å². The third-order valence-corrected chi connectivity index (χ3v) is 2.50. The summed E-state index contributed by atoms with van der Waals surface area (Å²) in [5.41, 5.74) is 6.88. The lowest BCUT2D eigenvalue weighted by Crippen LogP contribution is -2.42. The molecule has 3 N–H and O–H groups in total. The van der Waals surface area contributed by atoms with Crippen LogP contribution >= 0.6 is 0 Å². The van der Waals surface area contributed by atoms with E-state index < -0.39 is 18.0 Å². The fourth-order valence-corrected chi connectivity index (χ4v) is 1.65. The summed E-state index contributed by atoms with van der Waals surface area (Å²) in [4.78, 5) is 22.1. The molecule has 3 amide bonds. The van der Waals surface area contributed by atoms with Crippen LogP contribution < -0.4 is 15.8 Å². The van der Waals surface area contributed by atoms with Crippen molar-refractivity contribution < 1.29 is 14.3 Å². The molecule has 0 aromatic heterocycles. The number of rotatable bonds is 3. The first kappa shape index (κ1) is 14.5. The van der Waals surface area contributed by atoms with Crippen LogP contribution in [0.25, 0.3) is 0 Å². The number of hydrogen-bond donors (Lipinski definition) is 2. The van der Waals surface area contributed by atoms with Crippen molar-refractivity contribution in [1.29, 1.82) is 5.26 Å². The lowest BCUT2D eigenvalue weighted by molar-refractivity contribution is -0.126. The fraction of sp³-hybridized carbons (Fsp3) is 0.308. The molecule has 0 heterocycles. The van der Waals surface area contributed by atoms with E-state index in [1.54, 1.807) is 26.0 Å². The number of nitriles is 1. The molecule has 1 unspecified atom stereocenters. The van der Waals surface area contributed by atoms with Crippen LogP contribution in [-0.2, 0) is 4.79 Å². The Morgan fingerprint density at radius 1 is 1.37 bits per heavy atom. The molecule has 0 spiro atoms. The Bertz CT molecular complexity index is 538. The molecule has 0 aliphatic heterocycles. The van der Waals surface area contributed by atoms with Gasteiger partial charge in [0.05, 0.1) is 11.6 Å². The summed E-state index contributed by atoms with van der Waals surface area (Å²) in [7, 11) is 0. The van der Waals surface area contributed by atoms with Gasteiger partial charge in [0.1, 0.15) is 5.75 Å². The van der Waals surface area contributed by atoms with Gasteiger partial charge in [-0.05, 0) is 44.0 Å². The first-order valence-electron chi connectivity index (χ1n) is 5.63. The Kier molecular flexibility index (Phi) is 4.48. The topological polar surface area (TPSA) is 105 Å². The quantitative estimate of drug-likeness (QED) is 0.850. The van der Waals surface area contributed by atoms with Gasteiger partial charge in [0.25, 0.3) is 5.91 Å². The Morgan fingerprint density at radius 2 is 1.89 bits per heavy atom. The van der Waals surface area contributed by atoms with Crippen LogP contribution in [0, 0.1) is 25.2 Å². The SMILES string of the molecule is Cc1cc(C#N)cc(C)c1OC(C)C(=O)NC(N)=O. The van der Waals surface area contributed by atoms with E-state index >= 15 is 0 Å². The van der Waals surface area contributed by atoms with Crippen LogP contribution in [0.4, 0.5) is 4.79 Å². The largest absolute Gasteiger partial charge is 0.480 e. The summed E-state index contributed by atoms with van der Waals surface area (Å²) < 4.78 is 5.51. The second-order valence-electron chi connectivity index (χ2n) is 4.16. The van der Waals surface area contributed by atoms with Gasteiger partial charge in [-0.2, -0.15) is 5.26 Å². The third kappa shape index (κ3) is 3.71. The third-order valence-electron chi connectivity index (χ3n) is 2.50. The molecule has 1 aromatic carbocycles. The Balaban J connectivity index is 2.91. The highest BCUT2D eigenvalue weighted by molar-refractivity contribution is 5.95. The Morgan fingerprint density at radius 3 is 2.32 bits per heavy atom. The second-order valence-corrected chi connectivity index (χ2v) is 4.16. The van der Waals surface area contributed by atoms with Crippen molar-refractivity contribution in [1.82, 2.24) is 5.32 Å². The second kappa shape index (κ2) is 5.87. The standard InChI is InChI=1S/C13H15N3O3/c1-7-4-10(6-14)5-8(2)11(7)19-9(3)12(17)16-13(15)18/h4-5,9H,1-3H3,(H3,15,16,17,18). The molecule has 100 valence electrons. The van der Waals surface area contributed by atoms with Gasteiger partial charge in [-0.3, -0.25) is 10.1 Å². The molecule has 0 aliphatic carbocycles. The van der Waals surface area contributed by atoms with Crippen LogP contribution in [0.1, 0.15) is 23.6 Å². The van der Waals surface area contributed by atoms with E-state index in [2.05, 4.69) is 0 Å². The fourth-order valence-electron chi connectivity index (χ4n) is 1.65. The number of nitrogens with one attached hydrogen (secondary N) is 1. The van der Waals surface area contributed by atoms with Gasteiger partial charge in [0, 0.05) is 0 Å². The van der Waals surface area contributed by atoms with E-state index in [-0.39, 0.29) is 0 Å². The number of carbonyl (C=O) groups excluding carboxylic acids is 2. The molecular weight excluding hydrogens is 246 g/mol. The molecule has 6 nitrogen and oxygen atoms in total. The number of hydrogen-bond acceptors (Lipinski definition) is 4. The molecule has 1 aromatic rings. The van der Waals surface area contributed by atoms with E-state index in [0.717, 1.165) is 11.1 Å². The molecule has 0 bridgehead atoms. The maximum Gasteiger partial charge on any atom is 0.318 e. The summed E-state index contributed by atoms with van der Waals surface area (Å²) >= 11 is 0. The van der Waals surface area contributed by atoms with Crippen molar-refractivity contribution in [3.05, 3.63) is 28.8 Å². The summed E-state index contributed by atoms with van der Waals surface area (Å²) in [6.07, 6.45) is -0.863. The normalized spacial score (nSPS) is 11.3. The van der Waals surface area contributed by atoms with Crippen LogP contribution in [0.5, 0.6) is 5.75 Å². The maximum atomic E-state index is 11.5. The molecule has 1 rings (SSSR count). The van der Waals surface area contributed by atoms with Gasteiger partial charge in [-0.15, -0.1) is 0 Å². The zero-order valence-electron chi connectivity index (χ0n) is 11.0. The molecule has 6 heteroatoms. The van der Waals surface area contributed by atoms with Crippen molar-refractivity contribution in [3.8, 4) is 11.8 Å². The molecule has 0 fully saturated rings. The van der Waals surface area contributed by atoms with Gasteiger partial charge >= 0.3 is 6.03 Å². The van der Waals surface area contributed by atoms with Crippen molar-refractivity contribution in [3.63, 3.8) is 0 Å². The average Bonchev–Trinajstić information content (AvgIpc) is 2.32. The first-order chi connectivity index (χ1) is 8.85. The average molecular weight is 261 g/mol. The van der Waals surface area contributed by atoms with E-state index in [9.17, 15) is 9.59 Å².